The number of hydrogen-bond donors (Lipinski definition) is 0. The molecule has 0 aliphatic heterocycles. The van der Waals surface area contributed by atoms with Crippen molar-refractivity contribution in [2.45, 2.75) is 113 Å². The largest absolute Gasteiger partial charge is 0.379 e. The zero-order valence-electron chi connectivity index (χ0n) is 35.5. The predicted molar refractivity (Wildman–Crippen MR) is 242 cm³/mol. The molecule has 4 aromatic rings. The zero-order chi connectivity index (χ0) is 44.2. The number of hydrogen-bond acceptors (Lipinski definition) is 11. The zero-order valence-corrected chi connectivity index (χ0v) is 39.6. The molecule has 0 spiro atoms. The molecule has 2 fully saturated rings. The summed E-state index contributed by atoms with van der Waals surface area (Å²) in [6.07, 6.45) is 13.6. The Morgan fingerprint density at radius 3 is 1.41 bits per heavy atom. The molecule has 6 rings (SSSR count). The monoisotopic (exact) mass is 956 g/mol. The number of pyridine rings is 2. The molecule has 0 amide bonds. The first kappa shape index (κ1) is 48.6. The average Bonchev–Trinajstić information content (AvgIpc) is 3.94. The summed E-state index contributed by atoms with van der Waals surface area (Å²) in [5.41, 5.74) is 3.17. The molecule has 0 bridgehead atoms. The molecule has 2 heterocycles. The molecule has 61 heavy (non-hydrogen) atoms. The van der Waals surface area contributed by atoms with Gasteiger partial charge in [-0.1, -0.05) is 87.8 Å². The second-order valence-corrected chi connectivity index (χ2v) is 22.9. The van der Waals surface area contributed by atoms with E-state index in [9.17, 15) is 31.0 Å². The number of nitrogens with zero attached hydrogens (tertiary/aromatic N) is 2. The molecule has 0 radical (unpaired) electrons. The normalized spacial score (nSPS) is 16.1. The fraction of sp³-hybridized carbons (Fsp3) is 0.478. The minimum absolute atomic E-state index is 0.00584. The lowest BCUT2D eigenvalue weighted by Crippen LogP contribution is -2.21. The van der Waals surface area contributed by atoms with E-state index in [1.807, 2.05) is 18.2 Å². The minimum Gasteiger partial charge on any atom is -0.304 e. The summed E-state index contributed by atoms with van der Waals surface area (Å²) in [6.45, 7) is 3.91. The van der Waals surface area contributed by atoms with E-state index in [1.54, 1.807) is 80.6 Å². The fourth-order valence-corrected chi connectivity index (χ4v) is 11.5. The number of halogens is 1. The molecule has 0 saturated heterocycles. The maximum absolute atomic E-state index is 13.5. The van der Waals surface area contributed by atoms with Gasteiger partial charge in [0.05, 0.1) is 23.0 Å². The van der Waals surface area contributed by atoms with Crippen LogP contribution in [0.15, 0.2) is 99.3 Å². The highest BCUT2D eigenvalue weighted by Gasteiger charge is 2.31. The van der Waals surface area contributed by atoms with Gasteiger partial charge in [0.25, 0.3) is 0 Å². The Hall–Kier alpha value is -3.39. The van der Waals surface area contributed by atoms with Crippen molar-refractivity contribution < 1.29 is 40.0 Å². The Morgan fingerprint density at radius 2 is 1.03 bits per heavy atom. The molecule has 15 heteroatoms. The summed E-state index contributed by atoms with van der Waals surface area (Å²) >= 11 is 3.35. The first-order valence-corrected chi connectivity index (χ1v) is 27.2. The van der Waals surface area contributed by atoms with E-state index in [0.29, 0.717) is 17.5 Å². The molecule has 2 aromatic heterocycles. The van der Waals surface area contributed by atoms with Gasteiger partial charge < -0.3 is 9.05 Å². The Labute approximate surface area is 370 Å². The van der Waals surface area contributed by atoms with Gasteiger partial charge in [0, 0.05) is 48.6 Å². The average molecular weight is 958 g/mol. The molecule has 330 valence electrons. The highest BCUT2D eigenvalue weighted by molar-refractivity contribution is 9.10. The number of sulfone groups is 2. The standard InChI is InChI=1S/C25H34NO6PS.C21H24BrNO3S/c1-4-31-33(28,32-5-2)25-12-8-11-21(26-25)18-24(27)23(17-19-9-6-7-10-19)20-13-15-22(16-14-20)34(3,29)30;1-27(25,26)18-11-9-16(10-12-18)19(13-15-5-2-3-6-15)20(24)14-17-7-4-8-21(22)23-17/h8,11-16,19,23H,4-7,9-10,17-18H2,1-3H3;4,7-12,15,19H,2-3,5-6,13-14H2,1H3/t23-;19-/m11/s1. The summed E-state index contributed by atoms with van der Waals surface area (Å²) in [7, 11) is -10.1. The van der Waals surface area contributed by atoms with Crippen molar-refractivity contribution in [1.29, 1.82) is 0 Å². The quantitative estimate of drug-likeness (QED) is 0.0650. The van der Waals surface area contributed by atoms with Gasteiger partial charge in [0.1, 0.15) is 16.2 Å². The molecule has 2 atom stereocenters. The van der Waals surface area contributed by atoms with E-state index in [2.05, 4.69) is 25.9 Å². The SMILES string of the molecule is CCOP(=O)(OCC)c1cccc(CC(=O)[C@H](CC2CCCC2)c2ccc(S(C)(=O)=O)cc2)n1.CS(=O)(=O)c1ccc([C@@H](CC2CCCC2)C(=O)Cc2cccc(Br)n2)cc1. The van der Waals surface area contributed by atoms with Gasteiger partial charge in [-0.05, 0) is 114 Å². The number of benzene rings is 2. The van der Waals surface area contributed by atoms with Gasteiger partial charge in [0.15, 0.2) is 25.1 Å². The third kappa shape index (κ3) is 14.3. The lowest BCUT2D eigenvalue weighted by molar-refractivity contribution is -0.121. The summed E-state index contributed by atoms with van der Waals surface area (Å²) < 4.78 is 71.8. The first-order chi connectivity index (χ1) is 29.0. The number of rotatable bonds is 19. The van der Waals surface area contributed by atoms with Gasteiger partial charge in [-0.2, -0.15) is 0 Å². The maximum Gasteiger partial charge on any atom is 0.379 e. The molecule has 2 aliphatic rings. The van der Waals surface area contributed by atoms with Crippen LogP contribution in [0.5, 0.6) is 0 Å². The van der Waals surface area contributed by atoms with Crippen LogP contribution in [0.4, 0.5) is 0 Å². The lowest BCUT2D eigenvalue weighted by atomic mass is 9.83. The van der Waals surface area contributed by atoms with Crippen molar-refractivity contribution >= 4 is 60.2 Å². The molecule has 11 nitrogen and oxygen atoms in total. The van der Waals surface area contributed by atoms with Gasteiger partial charge in [0.2, 0.25) is 0 Å². The van der Waals surface area contributed by atoms with E-state index in [1.165, 1.54) is 51.0 Å². The lowest BCUT2D eigenvalue weighted by Gasteiger charge is -2.21. The molecular formula is C46H58BrN2O9PS2. The second kappa shape index (κ2) is 22.3. The molecule has 2 aromatic carbocycles. The molecule has 2 aliphatic carbocycles. The van der Waals surface area contributed by atoms with Gasteiger partial charge in [-0.3, -0.25) is 14.2 Å². The third-order valence-electron chi connectivity index (χ3n) is 11.4. The number of carbonyl (C=O) groups excluding carboxylic acids is 2. The smallest absolute Gasteiger partial charge is 0.304 e. The molecule has 0 N–H and O–H groups in total. The van der Waals surface area contributed by atoms with Crippen LogP contribution >= 0.6 is 23.5 Å². The van der Waals surface area contributed by atoms with Gasteiger partial charge in [-0.15, -0.1) is 0 Å². The minimum atomic E-state index is -3.55. The van der Waals surface area contributed by atoms with Crippen molar-refractivity contribution in [1.82, 2.24) is 9.97 Å². The van der Waals surface area contributed by atoms with E-state index in [0.717, 1.165) is 47.1 Å². The van der Waals surface area contributed by atoms with Gasteiger partial charge in [-0.25, -0.2) is 26.8 Å². The number of carbonyl (C=O) groups is 2. The fourth-order valence-electron chi connectivity index (χ4n) is 8.34. The molecule has 2 saturated carbocycles. The summed E-state index contributed by atoms with van der Waals surface area (Å²) in [6, 6.07) is 24.1. The van der Waals surface area contributed by atoms with Crippen LogP contribution < -0.4 is 5.44 Å². The molecule has 0 unspecified atom stereocenters. The van der Waals surface area contributed by atoms with Crippen LogP contribution in [0.25, 0.3) is 0 Å². The summed E-state index contributed by atoms with van der Waals surface area (Å²) in [5, 5.41) is 0. The molecular weight excluding hydrogens is 900 g/mol. The van der Waals surface area contributed by atoms with E-state index >= 15 is 0 Å². The van der Waals surface area contributed by atoms with Crippen LogP contribution in [0, 0.1) is 11.8 Å². The Bertz CT molecular complexity index is 2350. The van der Waals surface area contributed by atoms with Crippen molar-refractivity contribution in [3.63, 3.8) is 0 Å². The second-order valence-electron chi connectivity index (χ2n) is 16.1. The van der Waals surface area contributed by atoms with Crippen LogP contribution in [-0.2, 0) is 55.7 Å². The first-order valence-electron chi connectivity index (χ1n) is 21.1. The topological polar surface area (TPSA) is 164 Å². The Kier molecular flexibility index (Phi) is 17.8. The van der Waals surface area contributed by atoms with E-state index in [-0.39, 0.29) is 64.7 Å². The third-order valence-corrected chi connectivity index (χ3v) is 16.1. The summed E-state index contributed by atoms with van der Waals surface area (Å²) in [4.78, 5) is 36.0. The van der Waals surface area contributed by atoms with Crippen LogP contribution in [0.2, 0.25) is 0 Å². The highest BCUT2D eigenvalue weighted by atomic mass is 79.9. The van der Waals surface area contributed by atoms with Crippen LogP contribution in [0.1, 0.15) is 112 Å². The van der Waals surface area contributed by atoms with Gasteiger partial charge >= 0.3 is 7.60 Å². The Morgan fingerprint density at radius 1 is 0.639 bits per heavy atom. The number of Topliss-reactive ketones (excluding diaryl/α,β-unsaturated/α-hetero) is 2. The number of ketones is 2. The highest BCUT2D eigenvalue weighted by Crippen LogP contribution is 2.46. The van der Waals surface area contributed by atoms with Crippen molar-refractivity contribution in [3.8, 4) is 0 Å². The van der Waals surface area contributed by atoms with E-state index in [4.69, 9.17) is 9.05 Å². The number of aromatic nitrogens is 2. The van der Waals surface area contributed by atoms with Crippen molar-refractivity contribution in [2.75, 3.05) is 25.7 Å². The van der Waals surface area contributed by atoms with Crippen molar-refractivity contribution in [3.05, 3.63) is 112 Å². The maximum atomic E-state index is 13.5. The van der Waals surface area contributed by atoms with Crippen LogP contribution in [-0.4, -0.2) is 64.1 Å². The predicted octanol–water partition coefficient (Wildman–Crippen LogP) is 9.58. The van der Waals surface area contributed by atoms with Crippen LogP contribution in [0.3, 0.4) is 0 Å². The van der Waals surface area contributed by atoms with E-state index < -0.39 is 27.3 Å². The summed E-state index contributed by atoms with van der Waals surface area (Å²) in [5.74, 6) is 0.601. The Balaban J connectivity index is 0.000000237. The van der Waals surface area contributed by atoms with Crippen molar-refractivity contribution in [2.24, 2.45) is 11.8 Å².